The minimum absolute atomic E-state index is 0.352. The standard InChI is InChI=1S/C17H11FOS/c18-16-9-12(11-19)5-8-17(16)20-15-7-6-13-3-1-2-4-14(13)10-15/h1-11H. The fourth-order valence-electron chi connectivity index (χ4n) is 2.03. The van der Waals surface area contributed by atoms with E-state index in [1.165, 1.54) is 17.8 Å². The predicted molar refractivity (Wildman–Crippen MR) is 79.9 cm³/mol. The largest absolute Gasteiger partial charge is 0.298 e. The van der Waals surface area contributed by atoms with Crippen molar-refractivity contribution in [1.29, 1.82) is 0 Å². The second-order valence-electron chi connectivity index (χ2n) is 4.42. The summed E-state index contributed by atoms with van der Waals surface area (Å²) < 4.78 is 13.9. The minimum Gasteiger partial charge on any atom is -0.298 e. The summed E-state index contributed by atoms with van der Waals surface area (Å²) in [5.74, 6) is -0.368. The molecule has 0 aliphatic heterocycles. The van der Waals surface area contributed by atoms with Crippen molar-refractivity contribution in [2.75, 3.05) is 0 Å². The van der Waals surface area contributed by atoms with Crippen LogP contribution in [0.25, 0.3) is 10.8 Å². The van der Waals surface area contributed by atoms with Crippen molar-refractivity contribution in [2.45, 2.75) is 9.79 Å². The van der Waals surface area contributed by atoms with Gasteiger partial charge in [-0.25, -0.2) is 4.39 Å². The minimum atomic E-state index is -0.368. The average molecular weight is 282 g/mol. The van der Waals surface area contributed by atoms with Crippen LogP contribution in [0, 0.1) is 5.82 Å². The summed E-state index contributed by atoms with van der Waals surface area (Å²) in [5, 5.41) is 2.29. The lowest BCUT2D eigenvalue weighted by Gasteiger charge is -2.05. The highest BCUT2D eigenvalue weighted by Crippen LogP contribution is 2.32. The van der Waals surface area contributed by atoms with E-state index >= 15 is 0 Å². The molecule has 98 valence electrons. The maximum absolute atomic E-state index is 13.9. The van der Waals surface area contributed by atoms with Crippen LogP contribution in [-0.2, 0) is 0 Å². The van der Waals surface area contributed by atoms with Gasteiger partial charge < -0.3 is 0 Å². The molecule has 0 atom stereocenters. The number of aldehydes is 1. The van der Waals surface area contributed by atoms with E-state index in [4.69, 9.17) is 0 Å². The Labute approximate surface area is 120 Å². The number of rotatable bonds is 3. The summed E-state index contributed by atoms with van der Waals surface area (Å²) >= 11 is 1.36. The van der Waals surface area contributed by atoms with E-state index in [0.29, 0.717) is 16.7 Å². The zero-order valence-electron chi connectivity index (χ0n) is 10.5. The van der Waals surface area contributed by atoms with Crippen LogP contribution in [-0.4, -0.2) is 6.29 Å². The molecule has 3 heteroatoms. The van der Waals surface area contributed by atoms with Gasteiger partial charge in [-0.05, 0) is 35.0 Å². The third-order valence-electron chi connectivity index (χ3n) is 3.04. The number of halogens is 1. The van der Waals surface area contributed by atoms with Crippen LogP contribution in [0.3, 0.4) is 0 Å². The molecule has 0 aliphatic rings. The SMILES string of the molecule is O=Cc1ccc(Sc2ccc3ccccc3c2)c(F)c1. The quantitative estimate of drug-likeness (QED) is 0.633. The van der Waals surface area contributed by atoms with Crippen LogP contribution >= 0.6 is 11.8 Å². The van der Waals surface area contributed by atoms with Gasteiger partial charge in [0, 0.05) is 15.4 Å². The van der Waals surface area contributed by atoms with Crippen LogP contribution in [0.4, 0.5) is 4.39 Å². The third kappa shape index (κ3) is 2.58. The van der Waals surface area contributed by atoms with Crippen LogP contribution in [0.1, 0.15) is 10.4 Å². The predicted octanol–water partition coefficient (Wildman–Crippen LogP) is 4.94. The first-order valence-corrected chi connectivity index (χ1v) is 6.99. The first kappa shape index (κ1) is 12.9. The van der Waals surface area contributed by atoms with Crippen LogP contribution in [0.2, 0.25) is 0 Å². The second kappa shape index (κ2) is 5.47. The van der Waals surface area contributed by atoms with Gasteiger partial charge in [-0.1, -0.05) is 48.2 Å². The van der Waals surface area contributed by atoms with E-state index in [1.54, 1.807) is 12.1 Å². The first-order chi connectivity index (χ1) is 9.76. The number of fused-ring (bicyclic) bond motifs is 1. The first-order valence-electron chi connectivity index (χ1n) is 6.18. The Morgan fingerprint density at radius 2 is 1.70 bits per heavy atom. The average Bonchev–Trinajstić information content (AvgIpc) is 2.49. The highest BCUT2D eigenvalue weighted by Gasteiger charge is 2.06. The van der Waals surface area contributed by atoms with Crippen molar-refractivity contribution in [1.82, 2.24) is 0 Å². The molecule has 0 amide bonds. The highest BCUT2D eigenvalue weighted by atomic mass is 32.2. The monoisotopic (exact) mass is 282 g/mol. The maximum Gasteiger partial charge on any atom is 0.150 e. The Bertz CT molecular complexity index is 783. The molecule has 20 heavy (non-hydrogen) atoms. The van der Waals surface area contributed by atoms with E-state index < -0.39 is 0 Å². The Morgan fingerprint density at radius 3 is 2.45 bits per heavy atom. The molecule has 0 aliphatic carbocycles. The molecule has 3 rings (SSSR count). The summed E-state index contributed by atoms with van der Waals surface area (Å²) in [6.45, 7) is 0. The van der Waals surface area contributed by atoms with Gasteiger partial charge in [0.1, 0.15) is 12.1 Å². The second-order valence-corrected chi connectivity index (χ2v) is 5.53. The molecule has 0 radical (unpaired) electrons. The van der Waals surface area contributed by atoms with Gasteiger partial charge in [0.2, 0.25) is 0 Å². The number of hydrogen-bond donors (Lipinski definition) is 0. The molecular weight excluding hydrogens is 271 g/mol. The number of benzene rings is 3. The van der Waals surface area contributed by atoms with Crippen molar-refractivity contribution in [2.24, 2.45) is 0 Å². The Kier molecular flexibility index (Phi) is 3.52. The van der Waals surface area contributed by atoms with Crippen molar-refractivity contribution >= 4 is 28.8 Å². The smallest absolute Gasteiger partial charge is 0.150 e. The summed E-state index contributed by atoms with van der Waals surface area (Å²) in [4.78, 5) is 12.1. The van der Waals surface area contributed by atoms with Gasteiger partial charge in [0.15, 0.2) is 0 Å². The van der Waals surface area contributed by atoms with Crippen LogP contribution < -0.4 is 0 Å². The third-order valence-corrected chi connectivity index (χ3v) is 4.08. The van der Waals surface area contributed by atoms with Crippen LogP contribution in [0.5, 0.6) is 0 Å². The van der Waals surface area contributed by atoms with Gasteiger partial charge in [-0.15, -0.1) is 0 Å². The lowest BCUT2D eigenvalue weighted by molar-refractivity contribution is 0.112. The zero-order valence-corrected chi connectivity index (χ0v) is 11.4. The molecule has 3 aromatic carbocycles. The topological polar surface area (TPSA) is 17.1 Å². The lowest BCUT2D eigenvalue weighted by atomic mass is 10.1. The van der Waals surface area contributed by atoms with Crippen molar-refractivity contribution in [3.63, 3.8) is 0 Å². The number of carbonyl (C=O) groups is 1. The fraction of sp³-hybridized carbons (Fsp3) is 0. The lowest BCUT2D eigenvalue weighted by Crippen LogP contribution is -1.86. The summed E-state index contributed by atoms with van der Waals surface area (Å²) in [7, 11) is 0. The molecule has 0 aromatic heterocycles. The van der Waals surface area contributed by atoms with Crippen molar-refractivity contribution in [3.05, 3.63) is 72.0 Å². The molecule has 0 bridgehead atoms. The van der Waals surface area contributed by atoms with Crippen molar-refractivity contribution in [3.8, 4) is 0 Å². The molecule has 0 saturated heterocycles. The van der Waals surface area contributed by atoms with E-state index in [2.05, 4.69) is 0 Å². The molecule has 0 heterocycles. The number of carbonyl (C=O) groups excluding carboxylic acids is 1. The molecule has 0 N–H and O–H groups in total. The Balaban J connectivity index is 1.94. The van der Waals surface area contributed by atoms with Gasteiger partial charge in [0.25, 0.3) is 0 Å². The summed E-state index contributed by atoms with van der Waals surface area (Å²) in [6.07, 6.45) is 0.646. The zero-order chi connectivity index (χ0) is 13.9. The molecule has 0 spiro atoms. The highest BCUT2D eigenvalue weighted by molar-refractivity contribution is 7.99. The maximum atomic E-state index is 13.9. The van der Waals surface area contributed by atoms with E-state index in [1.807, 2.05) is 42.5 Å². The van der Waals surface area contributed by atoms with Crippen LogP contribution in [0.15, 0.2) is 70.5 Å². The van der Waals surface area contributed by atoms with Gasteiger partial charge in [-0.3, -0.25) is 4.79 Å². The van der Waals surface area contributed by atoms with E-state index in [0.717, 1.165) is 15.7 Å². The van der Waals surface area contributed by atoms with E-state index in [9.17, 15) is 9.18 Å². The van der Waals surface area contributed by atoms with Gasteiger partial charge >= 0.3 is 0 Å². The van der Waals surface area contributed by atoms with Crippen molar-refractivity contribution < 1.29 is 9.18 Å². The molecule has 0 unspecified atom stereocenters. The fourth-order valence-corrected chi connectivity index (χ4v) is 2.90. The van der Waals surface area contributed by atoms with E-state index in [-0.39, 0.29) is 5.82 Å². The summed E-state index contributed by atoms with van der Waals surface area (Å²) in [5.41, 5.74) is 0.352. The molecule has 0 fully saturated rings. The molecular formula is C17H11FOS. The molecule has 3 aromatic rings. The van der Waals surface area contributed by atoms with Gasteiger partial charge in [-0.2, -0.15) is 0 Å². The van der Waals surface area contributed by atoms with Gasteiger partial charge in [0.05, 0.1) is 0 Å². The summed E-state index contributed by atoms with van der Waals surface area (Å²) in [6, 6.07) is 18.6. The Hall–Kier alpha value is -2.13. The Morgan fingerprint density at radius 1 is 0.900 bits per heavy atom. The number of hydrogen-bond acceptors (Lipinski definition) is 2. The molecule has 0 saturated carbocycles. The normalized spacial score (nSPS) is 10.7. The molecule has 1 nitrogen and oxygen atoms in total.